The van der Waals surface area contributed by atoms with Crippen molar-refractivity contribution in [1.29, 1.82) is 0 Å². The molecule has 3 N–H and O–H groups in total. The van der Waals surface area contributed by atoms with Gasteiger partial charge in [0.15, 0.2) is 0 Å². The summed E-state index contributed by atoms with van der Waals surface area (Å²) in [4.78, 5) is 22.6. The molecule has 1 aromatic carbocycles. The van der Waals surface area contributed by atoms with E-state index in [4.69, 9.17) is 5.11 Å². The third kappa shape index (κ3) is 4.50. The average Bonchev–Trinajstić information content (AvgIpc) is 2.31. The number of anilines is 1. The maximum atomic E-state index is 11.7. The molecule has 0 saturated heterocycles. The summed E-state index contributed by atoms with van der Waals surface area (Å²) in [6.45, 7) is 3.13. The lowest BCUT2D eigenvalue weighted by molar-refractivity contribution is -0.146. The van der Waals surface area contributed by atoms with E-state index in [1.165, 1.54) is 0 Å². The molecule has 0 heterocycles. The van der Waals surface area contributed by atoms with Gasteiger partial charge in [-0.15, -0.1) is 0 Å². The normalized spacial score (nSPS) is 10.9. The van der Waals surface area contributed by atoms with Gasteiger partial charge in [-0.2, -0.15) is 0 Å². The molecule has 7 heteroatoms. The minimum atomic E-state index is -1.01. The molecule has 0 unspecified atom stereocenters. The second kappa shape index (κ2) is 6.38. The van der Waals surface area contributed by atoms with Crippen LogP contribution in [0.1, 0.15) is 13.8 Å². The Bertz CT molecular complexity index is 483. The summed E-state index contributed by atoms with van der Waals surface area (Å²) >= 11 is 6.65. The highest BCUT2D eigenvalue weighted by Gasteiger charge is 2.27. The molecule has 0 saturated carbocycles. The highest BCUT2D eigenvalue weighted by atomic mass is 79.9. The highest BCUT2D eigenvalue weighted by molar-refractivity contribution is 9.11. The van der Waals surface area contributed by atoms with Crippen molar-refractivity contribution < 1.29 is 14.7 Å². The molecule has 0 aliphatic carbocycles. The fourth-order valence-corrected chi connectivity index (χ4v) is 2.35. The Hall–Kier alpha value is -1.08. The number of para-hydroxylation sites is 1. The van der Waals surface area contributed by atoms with Crippen LogP contribution in [0, 0.1) is 5.41 Å². The predicted octanol–water partition coefficient (Wildman–Crippen LogP) is 3.44. The van der Waals surface area contributed by atoms with Crippen molar-refractivity contribution in [2.24, 2.45) is 5.41 Å². The molecular weight excluding hydrogens is 380 g/mol. The number of carbonyl (C=O) groups is 2. The second-order valence-electron chi connectivity index (χ2n) is 4.59. The van der Waals surface area contributed by atoms with Crippen molar-refractivity contribution in [2.75, 3.05) is 11.9 Å². The predicted molar refractivity (Wildman–Crippen MR) is 80.3 cm³/mol. The van der Waals surface area contributed by atoms with E-state index in [1.54, 1.807) is 26.0 Å². The third-order valence-corrected chi connectivity index (χ3v) is 3.79. The molecule has 1 aromatic rings. The zero-order valence-electron chi connectivity index (χ0n) is 10.5. The number of benzene rings is 1. The van der Waals surface area contributed by atoms with Gasteiger partial charge in [0, 0.05) is 15.5 Å². The Morgan fingerprint density at radius 1 is 1.26 bits per heavy atom. The Morgan fingerprint density at radius 2 is 1.79 bits per heavy atom. The maximum absolute atomic E-state index is 11.7. The molecule has 104 valence electrons. The van der Waals surface area contributed by atoms with Gasteiger partial charge in [0.2, 0.25) is 0 Å². The van der Waals surface area contributed by atoms with E-state index < -0.39 is 17.4 Å². The quantitative estimate of drug-likeness (QED) is 0.733. The zero-order chi connectivity index (χ0) is 14.6. The van der Waals surface area contributed by atoms with Crippen molar-refractivity contribution in [3.63, 3.8) is 0 Å². The zero-order valence-corrected chi connectivity index (χ0v) is 13.6. The summed E-state index contributed by atoms with van der Waals surface area (Å²) in [5.74, 6) is -0.963. The topological polar surface area (TPSA) is 78.4 Å². The minimum absolute atomic E-state index is 0.0379. The van der Waals surface area contributed by atoms with Gasteiger partial charge >= 0.3 is 12.0 Å². The van der Waals surface area contributed by atoms with Crippen LogP contribution in [0.15, 0.2) is 27.1 Å². The Morgan fingerprint density at radius 3 is 2.26 bits per heavy atom. The van der Waals surface area contributed by atoms with Crippen molar-refractivity contribution in [1.82, 2.24) is 5.32 Å². The number of aliphatic carboxylic acids is 1. The standard InChI is InChI=1S/C12H14Br2N2O3/c1-12(2,10(17)18)6-15-11(19)16-9-7(13)4-3-5-8(9)14/h3-5H,6H2,1-2H3,(H,17,18)(H2,15,16,19). The van der Waals surface area contributed by atoms with Gasteiger partial charge in [-0.1, -0.05) is 6.07 Å². The van der Waals surface area contributed by atoms with Gasteiger partial charge in [0.25, 0.3) is 0 Å². The number of hydrogen-bond donors (Lipinski definition) is 3. The van der Waals surface area contributed by atoms with Crippen LogP contribution in [0.3, 0.4) is 0 Å². The Balaban J connectivity index is 2.64. The molecule has 1 rings (SSSR count). The number of carboxylic acid groups (broad SMARTS) is 1. The highest BCUT2D eigenvalue weighted by Crippen LogP contribution is 2.30. The molecule has 0 bridgehead atoms. The van der Waals surface area contributed by atoms with E-state index in [0.29, 0.717) is 5.69 Å². The minimum Gasteiger partial charge on any atom is -0.481 e. The number of urea groups is 1. The van der Waals surface area contributed by atoms with Gasteiger partial charge in [-0.25, -0.2) is 4.79 Å². The molecule has 0 aromatic heterocycles. The van der Waals surface area contributed by atoms with Crippen molar-refractivity contribution >= 4 is 49.5 Å². The largest absolute Gasteiger partial charge is 0.481 e. The van der Waals surface area contributed by atoms with Crippen LogP contribution in [0.5, 0.6) is 0 Å². The first-order chi connectivity index (χ1) is 8.74. The van der Waals surface area contributed by atoms with Crippen LogP contribution in [0.4, 0.5) is 10.5 Å². The van der Waals surface area contributed by atoms with Crippen LogP contribution in [-0.2, 0) is 4.79 Å². The molecule has 19 heavy (non-hydrogen) atoms. The van der Waals surface area contributed by atoms with Gasteiger partial charge in [0.1, 0.15) is 0 Å². The summed E-state index contributed by atoms with van der Waals surface area (Å²) in [5, 5.41) is 14.1. The first-order valence-corrected chi connectivity index (χ1v) is 7.05. The van der Waals surface area contributed by atoms with E-state index in [2.05, 4.69) is 42.5 Å². The van der Waals surface area contributed by atoms with Crippen LogP contribution in [0.2, 0.25) is 0 Å². The van der Waals surface area contributed by atoms with Crippen molar-refractivity contribution in [3.05, 3.63) is 27.1 Å². The van der Waals surface area contributed by atoms with E-state index in [1.807, 2.05) is 6.07 Å². The number of nitrogens with one attached hydrogen (secondary N) is 2. The molecule has 0 aliphatic rings. The molecule has 0 radical (unpaired) electrons. The smallest absolute Gasteiger partial charge is 0.319 e. The van der Waals surface area contributed by atoms with Crippen molar-refractivity contribution in [2.45, 2.75) is 13.8 Å². The van der Waals surface area contributed by atoms with Crippen LogP contribution < -0.4 is 10.6 Å². The lowest BCUT2D eigenvalue weighted by Crippen LogP contribution is -2.40. The number of rotatable bonds is 4. The molecule has 0 atom stereocenters. The summed E-state index contributed by atoms with van der Waals surface area (Å²) in [5.41, 5.74) is -0.421. The van der Waals surface area contributed by atoms with E-state index >= 15 is 0 Å². The fraction of sp³-hybridized carbons (Fsp3) is 0.333. The van der Waals surface area contributed by atoms with Crippen LogP contribution >= 0.6 is 31.9 Å². The van der Waals surface area contributed by atoms with E-state index in [9.17, 15) is 9.59 Å². The lowest BCUT2D eigenvalue weighted by atomic mass is 9.94. The summed E-state index contributed by atoms with van der Waals surface area (Å²) in [6, 6.07) is 4.95. The van der Waals surface area contributed by atoms with Gasteiger partial charge in [0.05, 0.1) is 11.1 Å². The molecule has 0 fully saturated rings. The number of carbonyl (C=O) groups excluding carboxylic acids is 1. The van der Waals surface area contributed by atoms with Crippen LogP contribution in [-0.4, -0.2) is 23.7 Å². The SMILES string of the molecule is CC(C)(CNC(=O)Nc1c(Br)cccc1Br)C(=O)O. The van der Waals surface area contributed by atoms with Crippen molar-refractivity contribution in [3.8, 4) is 0 Å². The fourth-order valence-electron chi connectivity index (χ4n) is 1.15. The molecule has 5 nitrogen and oxygen atoms in total. The summed E-state index contributed by atoms with van der Waals surface area (Å²) in [7, 11) is 0. The third-order valence-electron chi connectivity index (χ3n) is 2.47. The van der Waals surface area contributed by atoms with E-state index in [-0.39, 0.29) is 6.54 Å². The van der Waals surface area contributed by atoms with Crippen LogP contribution in [0.25, 0.3) is 0 Å². The molecular formula is C12H14Br2N2O3. The van der Waals surface area contributed by atoms with Gasteiger partial charge < -0.3 is 15.7 Å². The Labute approximate surface area is 128 Å². The molecule has 0 spiro atoms. The maximum Gasteiger partial charge on any atom is 0.319 e. The monoisotopic (exact) mass is 392 g/mol. The molecule has 2 amide bonds. The summed E-state index contributed by atoms with van der Waals surface area (Å²) < 4.78 is 1.46. The van der Waals surface area contributed by atoms with E-state index in [0.717, 1.165) is 8.95 Å². The number of carboxylic acids is 1. The molecule has 0 aliphatic heterocycles. The van der Waals surface area contributed by atoms with Gasteiger partial charge in [-0.3, -0.25) is 4.79 Å². The summed E-state index contributed by atoms with van der Waals surface area (Å²) in [6.07, 6.45) is 0. The number of halogens is 2. The number of amides is 2. The number of hydrogen-bond acceptors (Lipinski definition) is 2. The lowest BCUT2D eigenvalue weighted by Gasteiger charge is -2.20. The first kappa shape index (κ1) is 16.0. The first-order valence-electron chi connectivity index (χ1n) is 5.46. The Kier molecular flexibility index (Phi) is 5.37. The van der Waals surface area contributed by atoms with Gasteiger partial charge in [-0.05, 0) is 57.8 Å². The average molecular weight is 394 g/mol. The second-order valence-corrected chi connectivity index (χ2v) is 6.30.